The Labute approximate surface area is 178 Å². The van der Waals surface area contributed by atoms with Crippen LogP contribution in [-0.4, -0.2) is 23.9 Å². The van der Waals surface area contributed by atoms with Crippen molar-refractivity contribution in [2.24, 2.45) is 0 Å². The Hall–Kier alpha value is -0.980. The molecule has 2 rings (SSSR count). The fourth-order valence-electron chi connectivity index (χ4n) is 2.30. The summed E-state index contributed by atoms with van der Waals surface area (Å²) in [7, 11) is 0. The lowest BCUT2D eigenvalue weighted by atomic mass is 10.1. The van der Waals surface area contributed by atoms with Crippen LogP contribution >= 0.6 is 39.1 Å². The van der Waals surface area contributed by atoms with Gasteiger partial charge in [0.1, 0.15) is 6.61 Å². The van der Waals surface area contributed by atoms with Gasteiger partial charge in [0.2, 0.25) is 0 Å². The minimum Gasteiger partial charge on any atom is -0.490 e. The molecule has 0 atom stereocenters. The van der Waals surface area contributed by atoms with Gasteiger partial charge in [-0.1, -0.05) is 45.2 Å². The average molecular weight is 477 g/mol. The van der Waals surface area contributed by atoms with E-state index in [4.69, 9.17) is 32.7 Å². The molecule has 2 aromatic carbocycles. The van der Waals surface area contributed by atoms with Crippen molar-refractivity contribution in [2.75, 3.05) is 13.2 Å². The molecule has 0 aliphatic heterocycles. The molecular weight excluding hydrogens is 453 g/mol. The second-order valence-electron chi connectivity index (χ2n) is 6.71. The van der Waals surface area contributed by atoms with Gasteiger partial charge in [-0.05, 0) is 50.6 Å². The molecule has 0 spiro atoms. The summed E-state index contributed by atoms with van der Waals surface area (Å²) in [6.07, 6.45) is 0. The molecule has 0 unspecified atom stereocenters. The third-order valence-electron chi connectivity index (χ3n) is 4.00. The normalized spacial score (nSPS) is 11.5. The van der Waals surface area contributed by atoms with Crippen LogP contribution in [0.4, 0.5) is 0 Å². The Balaban J connectivity index is 2.22. The van der Waals surface area contributed by atoms with Crippen LogP contribution in [0.15, 0.2) is 34.8 Å². The van der Waals surface area contributed by atoms with Gasteiger partial charge in [0.05, 0.1) is 13.2 Å². The number of halogens is 3. The van der Waals surface area contributed by atoms with E-state index < -0.39 is 0 Å². The fraction of sp³-hybridized carbons (Fsp3) is 0.400. The predicted octanol–water partition coefficient (Wildman–Crippen LogP) is 5.59. The zero-order chi connectivity index (χ0) is 20.0. The van der Waals surface area contributed by atoms with Gasteiger partial charge in [0.15, 0.2) is 11.5 Å². The second kappa shape index (κ2) is 9.99. The van der Waals surface area contributed by atoms with Crippen molar-refractivity contribution in [1.29, 1.82) is 0 Å². The quantitative estimate of drug-likeness (QED) is 0.495. The van der Waals surface area contributed by atoms with E-state index in [9.17, 15) is 5.11 Å². The van der Waals surface area contributed by atoms with E-state index in [0.29, 0.717) is 34.7 Å². The highest BCUT2D eigenvalue weighted by molar-refractivity contribution is 9.10. The number of rotatable bonds is 9. The van der Waals surface area contributed by atoms with Gasteiger partial charge in [-0.15, -0.1) is 0 Å². The van der Waals surface area contributed by atoms with Crippen LogP contribution in [-0.2, 0) is 13.2 Å². The van der Waals surface area contributed by atoms with E-state index in [2.05, 4.69) is 21.2 Å². The highest BCUT2D eigenvalue weighted by Gasteiger charge is 2.18. The molecule has 0 aromatic heterocycles. The van der Waals surface area contributed by atoms with Gasteiger partial charge in [-0.25, -0.2) is 0 Å². The molecule has 0 amide bonds. The summed E-state index contributed by atoms with van der Waals surface area (Å²) in [6.45, 7) is 7.17. The van der Waals surface area contributed by atoms with E-state index in [1.54, 1.807) is 18.2 Å². The van der Waals surface area contributed by atoms with Crippen molar-refractivity contribution in [3.63, 3.8) is 0 Å². The molecule has 0 saturated carbocycles. The first kappa shape index (κ1) is 22.3. The first-order valence-electron chi connectivity index (χ1n) is 8.64. The first-order chi connectivity index (χ1) is 12.8. The van der Waals surface area contributed by atoms with Crippen LogP contribution in [0.5, 0.6) is 11.5 Å². The molecule has 0 aliphatic rings. The highest BCUT2D eigenvalue weighted by Crippen LogP contribution is 2.35. The van der Waals surface area contributed by atoms with Crippen LogP contribution in [0, 0.1) is 0 Å². The number of nitrogens with one attached hydrogen (secondary N) is 1. The zero-order valence-corrected chi connectivity index (χ0v) is 18.7. The molecule has 0 radical (unpaired) electrons. The number of aliphatic hydroxyl groups is 1. The molecule has 0 saturated heterocycles. The minimum atomic E-state index is -0.374. The van der Waals surface area contributed by atoms with E-state index in [-0.39, 0.29) is 18.8 Å². The minimum absolute atomic E-state index is 0.0444. The first-order valence-corrected chi connectivity index (χ1v) is 10.2. The molecule has 4 nitrogen and oxygen atoms in total. The molecule has 0 aliphatic carbocycles. The van der Waals surface area contributed by atoms with E-state index in [0.717, 1.165) is 15.6 Å². The molecule has 0 fully saturated rings. The van der Waals surface area contributed by atoms with Gasteiger partial charge in [-0.3, -0.25) is 0 Å². The molecule has 7 heteroatoms. The summed E-state index contributed by atoms with van der Waals surface area (Å²) in [5, 5.41) is 13.8. The largest absolute Gasteiger partial charge is 0.490 e. The van der Waals surface area contributed by atoms with E-state index >= 15 is 0 Å². The molecule has 27 heavy (non-hydrogen) atoms. The van der Waals surface area contributed by atoms with Crippen molar-refractivity contribution in [1.82, 2.24) is 5.32 Å². The van der Waals surface area contributed by atoms with Crippen LogP contribution < -0.4 is 14.8 Å². The van der Waals surface area contributed by atoms with Crippen LogP contribution in [0.3, 0.4) is 0 Å². The van der Waals surface area contributed by atoms with E-state index in [1.165, 1.54) is 0 Å². The van der Waals surface area contributed by atoms with Gasteiger partial charge >= 0.3 is 0 Å². The molecule has 0 heterocycles. The van der Waals surface area contributed by atoms with Crippen LogP contribution in [0.1, 0.15) is 31.9 Å². The highest BCUT2D eigenvalue weighted by atomic mass is 79.9. The molecule has 148 valence electrons. The predicted molar refractivity (Wildman–Crippen MR) is 114 cm³/mol. The molecular formula is C20H24BrCl2NO3. The maximum absolute atomic E-state index is 9.41. The maximum Gasteiger partial charge on any atom is 0.162 e. The number of benzene rings is 2. The summed E-state index contributed by atoms with van der Waals surface area (Å²) in [5.41, 5.74) is 1.36. The lowest BCUT2D eigenvalue weighted by Gasteiger charge is -2.24. The number of hydrogen-bond donors (Lipinski definition) is 2. The lowest BCUT2D eigenvalue weighted by Crippen LogP contribution is -2.42. The summed E-state index contributed by atoms with van der Waals surface area (Å²) >= 11 is 16.0. The Morgan fingerprint density at radius 1 is 1.11 bits per heavy atom. The van der Waals surface area contributed by atoms with Gasteiger partial charge in [0.25, 0.3) is 0 Å². The van der Waals surface area contributed by atoms with Crippen molar-refractivity contribution in [3.8, 4) is 11.5 Å². The number of hydrogen-bond acceptors (Lipinski definition) is 4. The van der Waals surface area contributed by atoms with Crippen molar-refractivity contribution >= 4 is 39.1 Å². The summed E-state index contributed by atoms with van der Waals surface area (Å²) in [5.74, 6) is 1.24. The topological polar surface area (TPSA) is 50.7 Å². The van der Waals surface area contributed by atoms with Crippen LogP contribution in [0.25, 0.3) is 0 Å². The summed E-state index contributed by atoms with van der Waals surface area (Å²) in [4.78, 5) is 0. The molecule has 2 aromatic rings. The Morgan fingerprint density at radius 3 is 2.33 bits per heavy atom. The summed E-state index contributed by atoms with van der Waals surface area (Å²) in [6, 6.07) is 9.16. The molecule has 2 N–H and O–H groups in total. The maximum atomic E-state index is 9.41. The van der Waals surface area contributed by atoms with Crippen molar-refractivity contribution < 1.29 is 14.6 Å². The molecule has 0 bridgehead atoms. The zero-order valence-electron chi connectivity index (χ0n) is 15.6. The van der Waals surface area contributed by atoms with Crippen molar-refractivity contribution in [3.05, 3.63) is 56.0 Å². The Kier molecular flexibility index (Phi) is 8.25. The standard InChI is InChI=1S/C20H24BrCl2NO3/c1-4-26-18-8-13(10-24-20(2,3)12-25)15(21)9-19(18)27-11-14-16(22)6-5-7-17(14)23/h5-9,24-25H,4,10-12H2,1-3H3. The van der Waals surface area contributed by atoms with Crippen LogP contribution in [0.2, 0.25) is 10.0 Å². The third-order valence-corrected chi connectivity index (χ3v) is 5.45. The average Bonchev–Trinajstić information content (AvgIpc) is 2.62. The van der Waals surface area contributed by atoms with Gasteiger partial charge in [0, 0.05) is 32.2 Å². The monoisotopic (exact) mass is 475 g/mol. The van der Waals surface area contributed by atoms with Crippen molar-refractivity contribution in [2.45, 2.75) is 39.5 Å². The smallest absolute Gasteiger partial charge is 0.162 e. The lowest BCUT2D eigenvalue weighted by molar-refractivity contribution is 0.187. The number of aliphatic hydroxyl groups excluding tert-OH is 1. The van der Waals surface area contributed by atoms with Gasteiger partial charge in [-0.2, -0.15) is 0 Å². The fourth-order valence-corrected chi connectivity index (χ4v) is 3.27. The Bertz CT molecular complexity index is 764. The third kappa shape index (κ3) is 6.26. The number of ether oxygens (including phenoxy) is 2. The van der Waals surface area contributed by atoms with E-state index in [1.807, 2.05) is 32.9 Å². The van der Waals surface area contributed by atoms with Gasteiger partial charge < -0.3 is 19.9 Å². The Morgan fingerprint density at radius 2 is 1.74 bits per heavy atom. The second-order valence-corrected chi connectivity index (χ2v) is 8.38. The summed E-state index contributed by atoms with van der Waals surface area (Å²) < 4.78 is 12.6. The SMILES string of the molecule is CCOc1cc(CNC(C)(C)CO)c(Br)cc1OCc1c(Cl)cccc1Cl.